The van der Waals surface area contributed by atoms with E-state index in [1.807, 2.05) is 18.5 Å². The Morgan fingerprint density at radius 2 is 2.00 bits per heavy atom. The van der Waals surface area contributed by atoms with Crippen molar-refractivity contribution in [2.45, 2.75) is 19.8 Å². The number of pyridine rings is 2. The predicted molar refractivity (Wildman–Crippen MR) is 92.1 cm³/mol. The number of fused-ring (bicyclic) bond motifs is 3. The highest BCUT2D eigenvalue weighted by Gasteiger charge is 2.09. The van der Waals surface area contributed by atoms with Gasteiger partial charge in [0, 0.05) is 23.3 Å². The molecule has 0 aliphatic rings. The zero-order chi connectivity index (χ0) is 14.9. The van der Waals surface area contributed by atoms with Gasteiger partial charge in [-0.05, 0) is 30.5 Å². The zero-order valence-electron chi connectivity index (χ0n) is 12.3. The summed E-state index contributed by atoms with van der Waals surface area (Å²) in [6.07, 6.45) is 7.72. The van der Waals surface area contributed by atoms with Crippen LogP contribution in [0, 0.1) is 0 Å². The fourth-order valence-corrected chi connectivity index (χ4v) is 3.82. The van der Waals surface area contributed by atoms with Crippen LogP contribution in [0.5, 0.6) is 0 Å². The Bertz CT molecular complexity index is 945. The molecular formula is C18H15N3S. The van der Waals surface area contributed by atoms with Crippen LogP contribution in [0.15, 0.2) is 48.9 Å². The summed E-state index contributed by atoms with van der Waals surface area (Å²) in [6.45, 7) is 2.18. The maximum Gasteiger partial charge on any atom is 0.100 e. The van der Waals surface area contributed by atoms with Gasteiger partial charge < -0.3 is 0 Å². The molecule has 3 heterocycles. The van der Waals surface area contributed by atoms with Gasteiger partial charge in [0.05, 0.1) is 21.4 Å². The lowest BCUT2D eigenvalue weighted by atomic mass is 10.1. The Hall–Kier alpha value is -2.33. The molecule has 0 N–H and O–H groups in total. The molecule has 3 aromatic heterocycles. The Balaban J connectivity index is 1.89. The van der Waals surface area contributed by atoms with Gasteiger partial charge in [-0.3, -0.25) is 9.97 Å². The molecule has 4 rings (SSSR count). The average Bonchev–Trinajstić information content (AvgIpc) is 2.98. The summed E-state index contributed by atoms with van der Waals surface area (Å²) < 4.78 is 1.24. The normalized spacial score (nSPS) is 11.3. The lowest BCUT2D eigenvalue weighted by molar-refractivity contribution is 0.912. The first-order chi connectivity index (χ1) is 10.8. The van der Waals surface area contributed by atoms with E-state index in [0.717, 1.165) is 35.0 Å². The summed E-state index contributed by atoms with van der Waals surface area (Å²) in [4.78, 5) is 13.5. The second-order valence-corrected chi connectivity index (χ2v) is 6.39. The van der Waals surface area contributed by atoms with E-state index in [-0.39, 0.29) is 0 Å². The van der Waals surface area contributed by atoms with Crippen LogP contribution in [-0.2, 0) is 6.42 Å². The molecule has 0 aliphatic carbocycles. The van der Waals surface area contributed by atoms with E-state index in [1.54, 1.807) is 17.5 Å². The van der Waals surface area contributed by atoms with E-state index in [1.165, 1.54) is 15.1 Å². The molecule has 0 saturated carbocycles. The first kappa shape index (κ1) is 13.3. The molecular weight excluding hydrogens is 290 g/mol. The average molecular weight is 305 g/mol. The smallest absolute Gasteiger partial charge is 0.100 e. The zero-order valence-corrected chi connectivity index (χ0v) is 13.1. The summed E-state index contributed by atoms with van der Waals surface area (Å²) in [5.74, 6) is 0. The predicted octanol–water partition coefficient (Wildman–Crippen LogP) is 4.86. The summed E-state index contributed by atoms with van der Waals surface area (Å²) in [5.41, 5.74) is 4.28. The summed E-state index contributed by atoms with van der Waals surface area (Å²) in [6, 6.07) is 10.4. The van der Waals surface area contributed by atoms with Crippen molar-refractivity contribution >= 4 is 32.5 Å². The molecule has 0 fully saturated rings. The number of nitrogens with zero attached hydrogens (tertiary/aromatic N) is 3. The third-order valence-corrected chi connectivity index (χ3v) is 4.89. The van der Waals surface area contributed by atoms with Crippen molar-refractivity contribution in [2.75, 3.05) is 0 Å². The number of thiazole rings is 1. The van der Waals surface area contributed by atoms with Gasteiger partial charge in [-0.15, -0.1) is 11.3 Å². The van der Waals surface area contributed by atoms with Gasteiger partial charge in [-0.25, -0.2) is 4.98 Å². The topological polar surface area (TPSA) is 38.7 Å². The highest BCUT2D eigenvalue weighted by molar-refractivity contribution is 7.19. The van der Waals surface area contributed by atoms with Crippen LogP contribution < -0.4 is 0 Å². The highest BCUT2D eigenvalue weighted by atomic mass is 32.1. The van der Waals surface area contributed by atoms with Crippen molar-refractivity contribution in [3.63, 3.8) is 0 Å². The molecule has 0 spiro atoms. The molecule has 3 nitrogen and oxygen atoms in total. The molecule has 0 radical (unpaired) electrons. The molecule has 0 unspecified atom stereocenters. The van der Waals surface area contributed by atoms with Crippen LogP contribution in [0.2, 0.25) is 0 Å². The number of aromatic nitrogens is 3. The van der Waals surface area contributed by atoms with Gasteiger partial charge in [-0.2, -0.15) is 0 Å². The molecule has 0 aliphatic heterocycles. The third-order valence-electron chi connectivity index (χ3n) is 3.72. The van der Waals surface area contributed by atoms with Gasteiger partial charge in [0.1, 0.15) is 5.52 Å². The second-order valence-electron chi connectivity index (χ2n) is 5.30. The highest BCUT2D eigenvalue weighted by Crippen LogP contribution is 2.31. The van der Waals surface area contributed by atoms with Crippen LogP contribution in [0.3, 0.4) is 0 Å². The Morgan fingerprint density at radius 1 is 1.05 bits per heavy atom. The quantitative estimate of drug-likeness (QED) is 0.542. The van der Waals surface area contributed by atoms with Crippen molar-refractivity contribution in [1.29, 1.82) is 0 Å². The lowest BCUT2D eigenvalue weighted by Gasteiger charge is -2.03. The van der Waals surface area contributed by atoms with Gasteiger partial charge in [0.2, 0.25) is 0 Å². The Kier molecular flexibility index (Phi) is 3.31. The molecule has 0 amide bonds. The first-order valence-corrected chi connectivity index (χ1v) is 8.25. The molecule has 0 saturated heterocycles. The standard InChI is InChI=1S/C18H15N3S/c1-2-4-17-21-16-11-20-15-9-12(13-5-3-8-19-10-13)6-7-14(15)18(16)22-17/h3,5-11H,2,4H2,1H3. The van der Waals surface area contributed by atoms with Crippen LogP contribution in [0.1, 0.15) is 18.4 Å². The van der Waals surface area contributed by atoms with Crippen LogP contribution >= 0.6 is 11.3 Å². The summed E-state index contributed by atoms with van der Waals surface area (Å²) in [7, 11) is 0. The number of rotatable bonds is 3. The fourth-order valence-electron chi connectivity index (χ4n) is 2.65. The maximum absolute atomic E-state index is 4.68. The van der Waals surface area contributed by atoms with E-state index in [0.29, 0.717) is 0 Å². The third kappa shape index (κ3) is 2.25. The van der Waals surface area contributed by atoms with E-state index in [9.17, 15) is 0 Å². The minimum Gasteiger partial charge on any atom is -0.264 e. The Labute approximate surface area is 132 Å². The van der Waals surface area contributed by atoms with Crippen LogP contribution in [-0.4, -0.2) is 15.0 Å². The van der Waals surface area contributed by atoms with E-state index < -0.39 is 0 Å². The molecule has 1 aromatic carbocycles. The molecule has 4 aromatic rings. The lowest BCUT2D eigenvalue weighted by Crippen LogP contribution is -1.83. The molecule has 0 atom stereocenters. The monoisotopic (exact) mass is 305 g/mol. The molecule has 0 bridgehead atoms. The summed E-state index contributed by atoms with van der Waals surface area (Å²) in [5, 5.41) is 2.38. The van der Waals surface area contributed by atoms with E-state index in [4.69, 9.17) is 0 Å². The number of hydrogen-bond acceptors (Lipinski definition) is 4. The van der Waals surface area contributed by atoms with E-state index in [2.05, 4.69) is 46.1 Å². The first-order valence-electron chi connectivity index (χ1n) is 7.44. The van der Waals surface area contributed by atoms with Crippen molar-refractivity contribution in [3.05, 3.63) is 53.9 Å². The van der Waals surface area contributed by atoms with Crippen molar-refractivity contribution in [3.8, 4) is 11.1 Å². The minimum atomic E-state index is 1.01. The van der Waals surface area contributed by atoms with Crippen LogP contribution in [0.25, 0.3) is 32.2 Å². The SMILES string of the molecule is CCCc1nc2cnc3cc(-c4cccnc4)ccc3c2s1. The summed E-state index contributed by atoms with van der Waals surface area (Å²) >= 11 is 1.79. The van der Waals surface area contributed by atoms with Gasteiger partial charge in [0.15, 0.2) is 0 Å². The second kappa shape index (κ2) is 5.46. The van der Waals surface area contributed by atoms with Crippen molar-refractivity contribution < 1.29 is 0 Å². The maximum atomic E-state index is 4.68. The largest absolute Gasteiger partial charge is 0.264 e. The molecule has 4 heteroatoms. The van der Waals surface area contributed by atoms with Crippen molar-refractivity contribution in [2.24, 2.45) is 0 Å². The number of hydrogen-bond donors (Lipinski definition) is 0. The number of aryl methyl sites for hydroxylation is 1. The fraction of sp³-hybridized carbons (Fsp3) is 0.167. The van der Waals surface area contributed by atoms with Gasteiger partial charge in [0.25, 0.3) is 0 Å². The Morgan fingerprint density at radius 3 is 2.82 bits per heavy atom. The molecule has 22 heavy (non-hydrogen) atoms. The van der Waals surface area contributed by atoms with Gasteiger partial charge >= 0.3 is 0 Å². The van der Waals surface area contributed by atoms with Crippen molar-refractivity contribution in [1.82, 2.24) is 15.0 Å². The van der Waals surface area contributed by atoms with E-state index >= 15 is 0 Å². The minimum absolute atomic E-state index is 1.01. The van der Waals surface area contributed by atoms with Gasteiger partial charge in [-0.1, -0.05) is 25.1 Å². The number of benzene rings is 1. The van der Waals surface area contributed by atoms with Crippen LogP contribution in [0.4, 0.5) is 0 Å². The molecule has 108 valence electrons.